The van der Waals surface area contributed by atoms with E-state index in [-0.39, 0.29) is 11.8 Å². The number of hydrogen-bond donors (Lipinski definition) is 1. The van der Waals surface area contributed by atoms with Crippen molar-refractivity contribution >= 4 is 27.7 Å². The van der Waals surface area contributed by atoms with E-state index in [0.717, 1.165) is 10.0 Å². The Balaban J connectivity index is 2.59. The summed E-state index contributed by atoms with van der Waals surface area (Å²) in [7, 11) is 3.31. The third kappa shape index (κ3) is 4.94. The van der Waals surface area contributed by atoms with E-state index in [4.69, 9.17) is 4.74 Å². The average Bonchev–Trinajstić information content (AvgIpc) is 2.41. The van der Waals surface area contributed by atoms with E-state index in [9.17, 15) is 9.59 Å². The van der Waals surface area contributed by atoms with Crippen LogP contribution in [0, 0.1) is 0 Å². The van der Waals surface area contributed by atoms with Gasteiger partial charge >= 0.3 is 0 Å². The predicted octanol–water partition coefficient (Wildman–Crippen LogP) is 1.80. The van der Waals surface area contributed by atoms with E-state index in [2.05, 4.69) is 21.2 Å². The van der Waals surface area contributed by atoms with Crippen LogP contribution in [0.4, 0.5) is 0 Å². The minimum absolute atomic E-state index is 0.0229. The van der Waals surface area contributed by atoms with Gasteiger partial charge in [-0.05, 0) is 23.8 Å². The van der Waals surface area contributed by atoms with Gasteiger partial charge in [-0.1, -0.05) is 15.9 Å². The van der Waals surface area contributed by atoms with E-state index in [1.165, 1.54) is 6.92 Å². The second kappa shape index (κ2) is 8.01. The van der Waals surface area contributed by atoms with Crippen LogP contribution in [-0.4, -0.2) is 44.0 Å². The molecular weight excluding hydrogens is 324 g/mol. The summed E-state index contributed by atoms with van der Waals surface area (Å²) in [5.41, 5.74) is 1.49. The Kier molecular flexibility index (Phi) is 6.67. The number of nitrogens with one attached hydrogen (secondary N) is 1. The zero-order chi connectivity index (χ0) is 15.1. The zero-order valence-electron chi connectivity index (χ0n) is 11.9. The summed E-state index contributed by atoms with van der Waals surface area (Å²) in [6.45, 7) is 2.84. The molecule has 0 fully saturated rings. The van der Waals surface area contributed by atoms with Gasteiger partial charge in [-0.15, -0.1) is 0 Å². The molecule has 1 N–H and O–H groups in total. The molecule has 0 saturated heterocycles. The molecule has 1 aromatic rings. The molecule has 0 atom stereocenters. The lowest BCUT2D eigenvalue weighted by Gasteiger charge is -2.15. The third-order valence-electron chi connectivity index (χ3n) is 2.88. The number of ether oxygens (including phenoxy) is 1. The Bertz CT molecular complexity index is 491. The van der Waals surface area contributed by atoms with Crippen molar-refractivity contribution in [3.63, 3.8) is 0 Å². The number of methoxy groups -OCH3 is 1. The molecule has 0 saturated carbocycles. The van der Waals surface area contributed by atoms with Gasteiger partial charge in [0.15, 0.2) is 0 Å². The standard InChI is InChI=1S/C14H19BrN2O3/c1-10(18)17(2)7-6-16-14(19)11-4-5-13(15)12(8-11)9-20-3/h4-5,8H,6-7,9H2,1-3H3,(H,16,19). The average molecular weight is 343 g/mol. The van der Waals surface area contributed by atoms with E-state index in [1.807, 2.05) is 6.07 Å². The van der Waals surface area contributed by atoms with Gasteiger partial charge in [-0.25, -0.2) is 0 Å². The van der Waals surface area contributed by atoms with Gasteiger partial charge in [0.05, 0.1) is 6.61 Å². The van der Waals surface area contributed by atoms with Gasteiger partial charge in [0.2, 0.25) is 5.91 Å². The third-order valence-corrected chi connectivity index (χ3v) is 3.65. The van der Waals surface area contributed by atoms with E-state index in [0.29, 0.717) is 25.3 Å². The maximum absolute atomic E-state index is 12.0. The van der Waals surface area contributed by atoms with Crippen LogP contribution in [-0.2, 0) is 16.1 Å². The highest BCUT2D eigenvalue weighted by molar-refractivity contribution is 9.10. The highest BCUT2D eigenvalue weighted by Gasteiger charge is 2.09. The first-order chi connectivity index (χ1) is 9.45. The summed E-state index contributed by atoms with van der Waals surface area (Å²) < 4.78 is 5.99. The fourth-order valence-corrected chi connectivity index (χ4v) is 1.94. The predicted molar refractivity (Wildman–Crippen MR) is 80.5 cm³/mol. The normalized spacial score (nSPS) is 10.2. The van der Waals surface area contributed by atoms with Crippen LogP contribution in [0.1, 0.15) is 22.8 Å². The maximum atomic E-state index is 12.0. The van der Waals surface area contributed by atoms with Crippen molar-refractivity contribution < 1.29 is 14.3 Å². The molecule has 1 rings (SSSR count). The monoisotopic (exact) mass is 342 g/mol. The second-order valence-electron chi connectivity index (χ2n) is 4.44. The number of amides is 2. The van der Waals surface area contributed by atoms with E-state index >= 15 is 0 Å². The molecular formula is C14H19BrN2O3. The minimum Gasteiger partial charge on any atom is -0.380 e. The van der Waals surface area contributed by atoms with Crippen LogP contribution < -0.4 is 5.32 Å². The van der Waals surface area contributed by atoms with Gasteiger partial charge in [0.25, 0.3) is 5.91 Å². The van der Waals surface area contributed by atoms with Crippen LogP contribution in [0.3, 0.4) is 0 Å². The molecule has 2 amide bonds. The van der Waals surface area contributed by atoms with Crippen LogP contribution in [0.5, 0.6) is 0 Å². The van der Waals surface area contributed by atoms with Gasteiger partial charge < -0.3 is 15.0 Å². The first kappa shape index (κ1) is 16.7. The molecule has 5 nitrogen and oxygen atoms in total. The Hall–Kier alpha value is -1.40. The molecule has 0 unspecified atom stereocenters. The highest BCUT2D eigenvalue weighted by Crippen LogP contribution is 2.19. The summed E-state index contributed by atoms with van der Waals surface area (Å²) in [5, 5.41) is 2.78. The fraction of sp³-hybridized carbons (Fsp3) is 0.429. The lowest BCUT2D eigenvalue weighted by molar-refractivity contribution is -0.127. The number of rotatable bonds is 6. The second-order valence-corrected chi connectivity index (χ2v) is 5.29. The Labute approximate surface area is 127 Å². The van der Waals surface area contributed by atoms with Gasteiger partial charge in [0, 0.05) is 44.2 Å². The first-order valence-electron chi connectivity index (χ1n) is 6.23. The number of carbonyl (C=O) groups is 2. The van der Waals surface area contributed by atoms with Crippen molar-refractivity contribution in [2.45, 2.75) is 13.5 Å². The quantitative estimate of drug-likeness (QED) is 0.857. The maximum Gasteiger partial charge on any atom is 0.251 e. The first-order valence-corrected chi connectivity index (χ1v) is 7.02. The number of benzene rings is 1. The lowest BCUT2D eigenvalue weighted by atomic mass is 10.1. The summed E-state index contributed by atoms with van der Waals surface area (Å²) in [6.07, 6.45) is 0. The summed E-state index contributed by atoms with van der Waals surface area (Å²) >= 11 is 3.41. The summed E-state index contributed by atoms with van der Waals surface area (Å²) in [4.78, 5) is 24.6. The Morgan fingerprint density at radius 1 is 1.40 bits per heavy atom. The smallest absolute Gasteiger partial charge is 0.251 e. The lowest BCUT2D eigenvalue weighted by Crippen LogP contribution is -2.35. The van der Waals surface area contributed by atoms with Crippen LogP contribution in [0.2, 0.25) is 0 Å². The molecule has 0 aromatic heterocycles. The number of carbonyl (C=O) groups excluding carboxylic acids is 2. The highest BCUT2D eigenvalue weighted by atomic mass is 79.9. The summed E-state index contributed by atoms with van der Waals surface area (Å²) in [6, 6.07) is 5.36. The molecule has 0 heterocycles. The largest absolute Gasteiger partial charge is 0.380 e. The molecule has 0 bridgehead atoms. The van der Waals surface area contributed by atoms with Crippen LogP contribution >= 0.6 is 15.9 Å². The van der Waals surface area contributed by atoms with Crippen LogP contribution in [0.25, 0.3) is 0 Å². The van der Waals surface area contributed by atoms with Gasteiger partial charge in [-0.3, -0.25) is 9.59 Å². The number of halogens is 1. The minimum atomic E-state index is -0.160. The topological polar surface area (TPSA) is 58.6 Å². The molecule has 0 aliphatic rings. The molecule has 6 heteroatoms. The van der Waals surface area contributed by atoms with Crippen molar-refractivity contribution in [3.05, 3.63) is 33.8 Å². The molecule has 20 heavy (non-hydrogen) atoms. The van der Waals surface area contributed by atoms with Crippen molar-refractivity contribution in [1.82, 2.24) is 10.2 Å². The zero-order valence-corrected chi connectivity index (χ0v) is 13.5. The molecule has 110 valence electrons. The van der Waals surface area contributed by atoms with Crippen molar-refractivity contribution in [3.8, 4) is 0 Å². The molecule has 0 radical (unpaired) electrons. The van der Waals surface area contributed by atoms with Crippen molar-refractivity contribution in [2.75, 3.05) is 27.2 Å². The molecule has 1 aromatic carbocycles. The fourth-order valence-electron chi connectivity index (χ4n) is 1.58. The molecule has 0 aliphatic heterocycles. The summed E-state index contributed by atoms with van der Waals surface area (Å²) in [5.74, 6) is -0.183. The van der Waals surface area contributed by atoms with E-state index < -0.39 is 0 Å². The Morgan fingerprint density at radius 3 is 2.70 bits per heavy atom. The number of hydrogen-bond acceptors (Lipinski definition) is 3. The molecule has 0 spiro atoms. The number of nitrogens with zero attached hydrogens (tertiary/aromatic N) is 1. The van der Waals surface area contributed by atoms with Gasteiger partial charge in [0.1, 0.15) is 0 Å². The van der Waals surface area contributed by atoms with Gasteiger partial charge in [-0.2, -0.15) is 0 Å². The van der Waals surface area contributed by atoms with Crippen molar-refractivity contribution in [1.29, 1.82) is 0 Å². The molecule has 0 aliphatic carbocycles. The van der Waals surface area contributed by atoms with Crippen molar-refractivity contribution in [2.24, 2.45) is 0 Å². The Morgan fingerprint density at radius 2 is 2.10 bits per heavy atom. The number of likely N-dealkylation sites (N-methyl/N-ethyl adjacent to an activating group) is 1. The van der Waals surface area contributed by atoms with E-state index in [1.54, 1.807) is 31.2 Å². The SMILES string of the molecule is COCc1cc(C(=O)NCCN(C)C(C)=O)ccc1Br. The van der Waals surface area contributed by atoms with Crippen LogP contribution in [0.15, 0.2) is 22.7 Å².